The van der Waals surface area contributed by atoms with Crippen molar-refractivity contribution >= 4 is 26.0 Å². The van der Waals surface area contributed by atoms with Crippen LogP contribution in [-0.2, 0) is 37.6 Å². The molecule has 0 spiro atoms. The van der Waals surface area contributed by atoms with Crippen molar-refractivity contribution in [3.05, 3.63) is 59.7 Å². The molecular formula is C18H20F3N3O5S2. The van der Waals surface area contributed by atoms with Crippen molar-refractivity contribution in [3.8, 4) is 0 Å². The predicted octanol–water partition coefficient (Wildman–Crippen LogP) is 1.55. The molecule has 31 heavy (non-hydrogen) atoms. The van der Waals surface area contributed by atoms with Crippen LogP contribution < -0.4 is 10.0 Å². The number of rotatable bonds is 8. The van der Waals surface area contributed by atoms with Gasteiger partial charge in [-0.05, 0) is 29.8 Å². The Morgan fingerprint density at radius 1 is 1.00 bits per heavy atom. The smallest absolute Gasteiger partial charge is 0.351 e. The molecule has 0 heterocycles. The maximum Gasteiger partial charge on any atom is 0.416 e. The molecule has 13 heteroatoms. The van der Waals surface area contributed by atoms with Gasteiger partial charge in [0.15, 0.2) is 0 Å². The fourth-order valence-electron chi connectivity index (χ4n) is 2.44. The highest BCUT2D eigenvalue weighted by molar-refractivity contribution is 7.89. The number of sulfonamides is 2. The van der Waals surface area contributed by atoms with E-state index < -0.39 is 49.1 Å². The van der Waals surface area contributed by atoms with Crippen LogP contribution in [0.1, 0.15) is 11.1 Å². The second kappa shape index (κ2) is 9.34. The van der Waals surface area contributed by atoms with Gasteiger partial charge in [-0.2, -0.15) is 13.2 Å². The molecule has 0 unspecified atom stereocenters. The molecule has 2 rings (SSSR count). The van der Waals surface area contributed by atoms with Gasteiger partial charge in [0.1, 0.15) is 0 Å². The molecule has 0 saturated carbocycles. The topological polar surface area (TPSA) is 113 Å². The Balaban J connectivity index is 2.06. The number of amides is 1. The zero-order valence-corrected chi connectivity index (χ0v) is 18.1. The first-order valence-electron chi connectivity index (χ1n) is 8.69. The van der Waals surface area contributed by atoms with Crippen LogP contribution in [0, 0.1) is 0 Å². The van der Waals surface area contributed by atoms with Crippen LogP contribution in [0.5, 0.6) is 0 Å². The molecule has 0 aromatic heterocycles. The maximum atomic E-state index is 12.8. The minimum atomic E-state index is -4.72. The number of benzene rings is 2. The number of nitrogens with one attached hydrogen (secondary N) is 2. The fraction of sp³-hybridized carbons (Fsp3) is 0.278. The molecule has 1 amide bonds. The van der Waals surface area contributed by atoms with Gasteiger partial charge in [-0.15, -0.1) is 0 Å². The van der Waals surface area contributed by atoms with Crippen molar-refractivity contribution in [1.82, 2.24) is 14.3 Å². The molecule has 2 aromatic rings. The zero-order chi connectivity index (χ0) is 23.4. The number of nitrogens with zero attached hydrogens (tertiary/aromatic N) is 1. The highest BCUT2D eigenvalue weighted by Gasteiger charge is 2.31. The van der Waals surface area contributed by atoms with E-state index in [1.165, 1.54) is 32.3 Å². The summed E-state index contributed by atoms with van der Waals surface area (Å²) in [5, 5.41) is 2.38. The quantitative estimate of drug-likeness (QED) is 0.597. The molecule has 0 fully saturated rings. The van der Waals surface area contributed by atoms with Crippen molar-refractivity contribution in [2.75, 3.05) is 20.6 Å². The van der Waals surface area contributed by atoms with Gasteiger partial charge in [-0.1, -0.05) is 24.3 Å². The third-order valence-electron chi connectivity index (χ3n) is 4.10. The van der Waals surface area contributed by atoms with Crippen molar-refractivity contribution in [2.45, 2.75) is 22.5 Å². The Morgan fingerprint density at radius 3 is 2.26 bits per heavy atom. The maximum absolute atomic E-state index is 12.8. The lowest BCUT2D eigenvalue weighted by atomic mass is 10.2. The van der Waals surface area contributed by atoms with E-state index in [1.54, 1.807) is 6.07 Å². The lowest BCUT2D eigenvalue weighted by molar-refractivity contribution is -0.137. The Bertz CT molecular complexity index is 1160. The monoisotopic (exact) mass is 479 g/mol. The summed E-state index contributed by atoms with van der Waals surface area (Å²) in [4.78, 5) is 11.4. The van der Waals surface area contributed by atoms with Crippen LogP contribution in [0.25, 0.3) is 0 Å². The first-order chi connectivity index (χ1) is 14.2. The summed E-state index contributed by atoms with van der Waals surface area (Å²) >= 11 is 0. The lowest BCUT2D eigenvalue weighted by Gasteiger charge is -2.15. The minimum Gasteiger partial charge on any atom is -0.351 e. The average Bonchev–Trinajstić information content (AvgIpc) is 2.70. The summed E-state index contributed by atoms with van der Waals surface area (Å²) in [5.41, 5.74) is -0.858. The highest BCUT2D eigenvalue weighted by Crippen LogP contribution is 2.30. The van der Waals surface area contributed by atoms with Gasteiger partial charge < -0.3 is 5.32 Å². The van der Waals surface area contributed by atoms with E-state index in [-0.39, 0.29) is 17.0 Å². The Morgan fingerprint density at radius 2 is 1.65 bits per heavy atom. The van der Waals surface area contributed by atoms with E-state index >= 15 is 0 Å². The van der Waals surface area contributed by atoms with Gasteiger partial charge in [0, 0.05) is 20.6 Å². The number of carbonyl (C=O) groups excluding carboxylic acids is 1. The number of hydrogen-bond acceptors (Lipinski definition) is 5. The first kappa shape index (κ1) is 24.8. The lowest BCUT2D eigenvalue weighted by Crippen LogP contribution is -2.37. The van der Waals surface area contributed by atoms with Crippen LogP contribution in [0.2, 0.25) is 0 Å². The van der Waals surface area contributed by atoms with E-state index in [1.807, 2.05) is 4.72 Å². The summed E-state index contributed by atoms with van der Waals surface area (Å²) in [7, 11) is -5.43. The molecule has 0 aliphatic heterocycles. The number of hydrogen-bond donors (Lipinski definition) is 2. The third-order valence-corrected chi connectivity index (χ3v) is 7.42. The fourth-order valence-corrected chi connectivity index (χ4v) is 4.58. The van der Waals surface area contributed by atoms with E-state index in [2.05, 4.69) is 5.32 Å². The van der Waals surface area contributed by atoms with Crippen LogP contribution >= 0.6 is 0 Å². The van der Waals surface area contributed by atoms with Gasteiger partial charge in [0.2, 0.25) is 26.0 Å². The van der Waals surface area contributed by atoms with E-state index in [0.717, 1.165) is 22.5 Å². The molecule has 0 bridgehead atoms. The molecule has 0 atom stereocenters. The SMILES string of the molecule is CN(C)S(=O)(=O)c1ccccc1CNC(=O)CNS(=O)(=O)c1cccc(C(F)(F)F)c1. The van der Waals surface area contributed by atoms with Crippen molar-refractivity contribution in [1.29, 1.82) is 0 Å². The summed E-state index contributed by atoms with van der Waals surface area (Å²) in [6.07, 6.45) is -4.72. The molecule has 0 aliphatic carbocycles. The van der Waals surface area contributed by atoms with Crippen molar-refractivity contribution < 1.29 is 34.8 Å². The largest absolute Gasteiger partial charge is 0.416 e. The second-order valence-corrected chi connectivity index (χ2v) is 10.4. The van der Waals surface area contributed by atoms with Gasteiger partial charge in [-0.3, -0.25) is 4.79 Å². The van der Waals surface area contributed by atoms with E-state index in [9.17, 15) is 34.8 Å². The first-order valence-corrected chi connectivity index (χ1v) is 11.6. The average molecular weight is 480 g/mol. The van der Waals surface area contributed by atoms with Crippen molar-refractivity contribution in [3.63, 3.8) is 0 Å². The van der Waals surface area contributed by atoms with Crippen LogP contribution in [0.4, 0.5) is 13.2 Å². The van der Waals surface area contributed by atoms with Gasteiger partial charge in [0.05, 0.1) is 21.9 Å². The minimum absolute atomic E-state index is 0.0233. The summed E-state index contributed by atoms with van der Waals surface area (Å²) < 4.78 is 90.4. The van der Waals surface area contributed by atoms with Crippen LogP contribution in [0.15, 0.2) is 58.3 Å². The molecule has 0 aliphatic rings. The molecule has 2 aromatic carbocycles. The third kappa shape index (κ3) is 6.26. The van der Waals surface area contributed by atoms with Crippen LogP contribution in [-0.4, -0.2) is 47.7 Å². The second-order valence-electron chi connectivity index (χ2n) is 6.52. The van der Waals surface area contributed by atoms with Gasteiger partial charge in [0.25, 0.3) is 0 Å². The summed E-state index contributed by atoms with van der Waals surface area (Å²) in [6.45, 7) is -0.950. The molecule has 8 nitrogen and oxygen atoms in total. The standard InChI is InChI=1S/C18H20F3N3O5S2/c1-24(2)31(28,29)16-9-4-3-6-13(16)11-22-17(25)12-23-30(26,27)15-8-5-7-14(10-15)18(19,20)21/h3-10,23H,11-12H2,1-2H3,(H,22,25). The molecular weight excluding hydrogens is 459 g/mol. The summed E-state index contributed by atoms with van der Waals surface area (Å²) in [5.74, 6) is -0.799. The van der Waals surface area contributed by atoms with Crippen molar-refractivity contribution in [2.24, 2.45) is 0 Å². The van der Waals surface area contributed by atoms with E-state index in [4.69, 9.17) is 0 Å². The van der Waals surface area contributed by atoms with Gasteiger partial charge in [-0.25, -0.2) is 25.9 Å². The number of carbonyl (C=O) groups is 1. The Kier molecular flexibility index (Phi) is 7.47. The summed E-state index contributed by atoms with van der Waals surface area (Å²) in [6, 6.07) is 9.05. The zero-order valence-electron chi connectivity index (χ0n) is 16.5. The highest BCUT2D eigenvalue weighted by atomic mass is 32.2. The predicted molar refractivity (Wildman–Crippen MR) is 106 cm³/mol. The normalized spacial score (nSPS) is 12.7. The Hall–Kier alpha value is -2.48. The van der Waals surface area contributed by atoms with Crippen LogP contribution in [0.3, 0.4) is 0 Å². The molecule has 2 N–H and O–H groups in total. The molecule has 170 valence electrons. The van der Waals surface area contributed by atoms with Gasteiger partial charge >= 0.3 is 6.18 Å². The molecule has 0 radical (unpaired) electrons. The Labute approximate surface area is 178 Å². The molecule has 0 saturated heterocycles. The number of alkyl halides is 3. The number of halogens is 3. The van der Waals surface area contributed by atoms with E-state index in [0.29, 0.717) is 6.07 Å².